The van der Waals surface area contributed by atoms with E-state index in [0.717, 1.165) is 18.4 Å². The number of H-pyrrole nitrogens is 1. The van der Waals surface area contributed by atoms with Gasteiger partial charge in [0.2, 0.25) is 5.91 Å². The van der Waals surface area contributed by atoms with Gasteiger partial charge in [-0.25, -0.2) is 0 Å². The van der Waals surface area contributed by atoms with Crippen LogP contribution in [0.5, 0.6) is 0 Å². The SMILES string of the molecule is O=C(CCCc1cn[nH]c1)N1CCOCC(O)C1. The van der Waals surface area contributed by atoms with Gasteiger partial charge in [-0.15, -0.1) is 0 Å². The monoisotopic (exact) mass is 253 g/mol. The van der Waals surface area contributed by atoms with Crippen molar-refractivity contribution >= 4 is 5.91 Å². The Balaban J connectivity index is 1.73. The van der Waals surface area contributed by atoms with Crippen molar-refractivity contribution in [3.63, 3.8) is 0 Å². The van der Waals surface area contributed by atoms with Gasteiger partial charge in [0.1, 0.15) is 0 Å². The molecule has 6 nitrogen and oxygen atoms in total. The van der Waals surface area contributed by atoms with E-state index in [0.29, 0.717) is 32.7 Å². The van der Waals surface area contributed by atoms with E-state index in [1.54, 1.807) is 11.1 Å². The Morgan fingerprint density at radius 3 is 3.33 bits per heavy atom. The van der Waals surface area contributed by atoms with Crippen LogP contribution in [0.2, 0.25) is 0 Å². The zero-order valence-electron chi connectivity index (χ0n) is 10.3. The molecule has 100 valence electrons. The van der Waals surface area contributed by atoms with Gasteiger partial charge in [0.25, 0.3) is 0 Å². The molecule has 2 N–H and O–H groups in total. The minimum Gasteiger partial charge on any atom is -0.389 e. The van der Waals surface area contributed by atoms with Crippen molar-refractivity contribution in [1.29, 1.82) is 0 Å². The number of hydrogen-bond acceptors (Lipinski definition) is 4. The van der Waals surface area contributed by atoms with Crippen molar-refractivity contribution in [3.05, 3.63) is 18.0 Å². The number of hydrogen-bond donors (Lipinski definition) is 2. The molecule has 0 spiro atoms. The minimum atomic E-state index is -0.565. The van der Waals surface area contributed by atoms with E-state index in [-0.39, 0.29) is 5.91 Å². The number of nitrogens with one attached hydrogen (secondary N) is 1. The molecule has 0 aromatic carbocycles. The molecule has 0 radical (unpaired) electrons. The van der Waals surface area contributed by atoms with Crippen LogP contribution < -0.4 is 0 Å². The summed E-state index contributed by atoms with van der Waals surface area (Å²) in [4.78, 5) is 13.6. The van der Waals surface area contributed by atoms with Gasteiger partial charge < -0.3 is 14.7 Å². The van der Waals surface area contributed by atoms with E-state index >= 15 is 0 Å². The van der Waals surface area contributed by atoms with Crippen molar-refractivity contribution < 1.29 is 14.6 Å². The number of amides is 1. The highest BCUT2D eigenvalue weighted by atomic mass is 16.5. The molecule has 1 atom stereocenters. The van der Waals surface area contributed by atoms with Gasteiger partial charge >= 0.3 is 0 Å². The molecule has 1 aromatic heterocycles. The third-order valence-electron chi connectivity index (χ3n) is 3.01. The Bertz CT molecular complexity index is 367. The third-order valence-corrected chi connectivity index (χ3v) is 3.01. The molecule has 1 saturated heterocycles. The molecule has 0 saturated carbocycles. The molecule has 1 fully saturated rings. The van der Waals surface area contributed by atoms with Crippen LogP contribution in [-0.4, -0.2) is 58.5 Å². The number of carbonyl (C=O) groups excluding carboxylic acids is 1. The normalized spacial score (nSPS) is 20.7. The molecule has 2 heterocycles. The summed E-state index contributed by atoms with van der Waals surface area (Å²) < 4.78 is 5.19. The van der Waals surface area contributed by atoms with E-state index in [2.05, 4.69) is 10.2 Å². The van der Waals surface area contributed by atoms with E-state index in [4.69, 9.17) is 4.74 Å². The number of aromatic amines is 1. The molecule has 0 aliphatic carbocycles. The second-order valence-corrected chi connectivity index (χ2v) is 4.53. The number of aliphatic hydroxyl groups excluding tert-OH is 1. The van der Waals surface area contributed by atoms with Crippen LogP contribution in [0.15, 0.2) is 12.4 Å². The van der Waals surface area contributed by atoms with Gasteiger partial charge in [-0.2, -0.15) is 5.10 Å². The van der Waals surface area contributed by atoms with Crippen molar-refractivity contribution in [2.45, 2.75) is 25.4 Å². The summed E-state index contributed by atoms with van der Waals surface area (Å²) in [5.41, 5.74) is 1.11. The lowest BCUT2D eigenvalue weighted by molar-refractivity contribution is -0.132. The Morgan fingerprint density at radius 1 is 1.67 bits per heavy atom. The largest absolute Gasteiger partial charge is 0.389 e. The van der Waals surface area contributed by atoms with E-state index < -0.39 is 6.10 Å². The average Bonchev–Trinajstić information content (AvgIpc) is 2.77. The second kappa shape index (κ2) is 6.51. The Morgan fingerprint density at radius 2 is 2.56 bits per heavy atom. The van der Waals surface area contributed by atoms with Crippen LogP contribution in [0.3, 0.4) is 0 Å². The molecule has 1 amide bonds. The zero-order chi connectivity index (χ0) is 12.8. The van der Waals surface area contributed by atoms with Gasteiger partial charge in [-0.05, 0) is 18.4 Å². The maximum absolute atomic E-state index is 12.0. The first-order chi connectivity index (χ1) is 8.75. The summed E-state index contributed by atoms with van der Waals surface area (Å²) in [5, 5.41) is 16.2. The second-order valence-electron chi connectivity index (χ2n) is 4.53. The Hall–Kier alpha value is -1.40. The van der Waals surface area contributed by atoms with E-state index in [1.165, 1.54) is 0 Å². The number of β-amino-alcohol motifs (C(OH)–C–C–N with tert-alkyl or cyclic N) is 1. The predicted molar refractivity (Wildman–Crippen MR) is 64.9 cm³/mol. The molecule has 1 unspecified atom stereocenters. The predicted octanol–water partition coefficient (Wildman–Crippen LogP) is -0.0479. The Kier molecular flexibility index (Phi) is 4.72. The van der Waals surface area contributed by atoms with Crippen molar-refractivity contribution in [2.75, 3.05) is 26.3 Å². The summed E-state index contributed by atoms with van der Waals surface area (Å²) in [6, 6.07) is 0. The maximum Gasteiger partial charge on any atom is 0.222 e. The third kappa shape index (κ3) is 3.82. The van der Waals surface area contributed by atoms with Crippen molar-refractivity contribution in [3.8, 4) is 0 Å². The number of ether oxygens (including phenoxy) is 1. The highest BCUT2D eigenvalue weighted by Crippen LogP contribution is 2.07. The summed E-state index contributed by atoms with van der Waals surface area (Å²) in [7, 11) is 0. The van der Waals surface area contributed by atoms with Crippen LogP contribution in [0, 0.1) is 0 Å². The first-order valence-electron chi connectivity index (χ1n) is 6.27. The fraction of sp³-hybridized carbons (Fsp3) is 0.667. The van der Waals surface area contributed by atoms with Crippen LogP contribution in [0.4, 0.5) is 0 Å². The number of aromatic nitrogens is 2. The molecule has 6 heteroatoms. The lowest BCUT2D eigenvalue weighted by Gasteiger charge is -2.21. The van der Waals surface area contributed by atoms with Crippen LogP contribution in [0.25, 0.3) is 0 Å². The zero-order valence-corrected chi connectivity index (χ0v) is 10.3. The Labute approximate surface area is 106 Å². The minimum absolute atomic E-state index is 0.0862. The van der Waals surface area contributed by atoms with Crippen LogP contribution in [-0.2, 0) is 16.0 Å². The topological polar surface area (TPSA) is 78.5 Å². The first-order valence-corrected chi connectivity index (χ1v) is 6.27. The van der Waals surface area contributed by atoms with Crippen molar-refractivity contribution in [1.82, 2.24) is 15.1 Å². The van der Waals surface area contributed by atoms with Crippen LogP contribution in [0.1, 0.15) is 18.4 Å². The molecule has 0 bridgehead atoms. The number of carbonyl (C=O) groups is 1. The number of aliphatic hydroxyl groups is 1. The standard InChI is InChI=1S/C12H19N3O3/c16-11-8-15(4-5-18-9-11)12(17)3-1-2-10-6-13-14-7-10/h6-7,11,16H,1-5,8-9H2,(H,13,14). The van der Waals surface area contributed by atoms with Crippen molar-refractivity contribution in [2.24, 2.45) is 0 Å². The van der Waals surface area contributed by atoms with E-state index in [9.17, 15) is 9.90 Å². The summed E-state index contributed by atoms with van der Waals surface area (Å²) in [6.45, 7) is 1.77. The molecular formula is C12H19N3O3. The highest BCUT2D eigenvalue weighted by molar-refractivity contribution is 5.76. The number of rotatable bonds is 4. The smallest absolute Gasteiger partial charge is 0.222 e. The lowest BCUT2D eigenvalue weighted by Crippen LogP contribution is -2.37. The van der Waals surface area contributed by atoms with Gasteiger partial charge in [-0.1, -0.05) is 0 Å². The average molecular weight is 253 g/mol. The molecule has 2 rings (SSSR count). The van der Waals surface area contributed by atoms with Gasteiger partial charge in [0, 0.05) is 25.7 Å². The molecule has 1 aliphatic rings. The molecular weight excluding hydrogens is 234 g/mol. The van der Waals surface area contributed by atoms with Gasteiger partial charge in [0.05, 0.1) is 25.5 Å². The lowest BCUT2D eigenvalue weighted by atomic mass is 10.1. The van der Waals surface area contributed by atoms with Gasteiger partial charge in [0.15, 0.2) is 0 Å². The first kappa shape index (κ1) is 13.0. The highest BCUT2D eigenvalue weighted by Gasteiger charge is 2.20. The summed E-state index contributed by atoms with van der Waals surface area (Å²) in [6.07, 6.45) is 5.19. The van der Waals surface area contributed by atoms with E-state index in [1.807, 2.05) is 6.20 Å². The van der Waals surface area contributed by atoms with Crippen LogP contribution >= 0.6 is 0 Å². The molecule has 1 aliphatic heterocycles. The fourth-order valence-corrected chi connectivity index (χ4v) is 2.04. The van der Waals surface area contributed by atoms with Gasteiger partial charge in [-0.3, -0.25) is 9.89 Å². The molecule has 18 heavy (non-hydrogen) atoms. The summed E-state index contributed by atoms with van der Waals surface area (Å²) in [5.74, 6) is 0.0862. The quantitative estimate of drug-likeness (QED) is 0.788. The number of nitrogens with zero attached hydrogens (tertiary/aromatic N) is 2. The summed E-state index contributed by atoms with van der Waals surface area (Å²) >= 11 is 0. The fourth-order valence-electron chi connectivity index (χ4n) is 2.04. The number of aryl methyl sites for hydroxylation is 1. The maximum atomic E-state index is 12.0. The molecule has 1 aromatic rings.